The van der Waals surface area contributed by atoms with Crippen LogP contribution in [0.15, 0.2) is 30.6 Å². The molecule has 0 saturated heterocycles. The average molecular weight is 223 g/mol. The minimum atomic E-state index is 0. The largest absolute Gasteiger partial charge is 1.00 e. The van der Waals surface area contributed by atoms with Gasteiger partial charge in [0.15, 0.2) is 4.98 Å². The van der Waals surface area contributed by atoms with Gasteiger partial charge < -0.3 is 12.4 Å². The molecule has 7 heteroatoms. The first kappa shape index (κ1) is 11.1. The normalized spacial score (nSPS) is 9.00. The molecule has 0 aliphatic heterocycles. The van der Waals surface area contributed by atoms with Crippen LogP contribution in [0, 0.1) is 5.39 Å². The molecule has 0 bridgehead atoms. The summed E-state index contributed by atoms with van der Waals surface area (Å²) in [6.07, 6.45) is 1.55. The van der Waals surface area contributed by atoms with Crippen molar-refractivity contribution >= 4 is 5.69 Å². The molecule has 76 valence electrons. The molecule has 1 heterocycles. The zero-order valence-electron chi connectivity index (χ0n) is 7.66. The average Bonchev–Trinajstić information content (AvgIpc) is 2.72. The molecule has 0 fully saturated rings. The van der Waals surface area contributed by atoms with Gasteiger partial charge in [-0.05, 0) is 28.1 Å². The Hall–Kier alpha value is -2.00. The first-order valence-corrected chi connectivity index (χ1v) is 4.03. The number of halogens is 1. The first-order chi connectivity index (χ1) is 6.88. The van der Waals surface area contributed by atoms with E-state index in [9.17, 15) is 0 Å². The van der Waals surface area contributed by atoms with E-state index in [2.05, 4.69) is 20.5 Å². The Morgan fingerprint density at radius 1 is 1.27 bits per heavy atom. The van der Waals surface area contributed by atoms with E-state index in [4.69, 9.17) is 5.39 Å². The summed E-state index contributed by atoms with van der Waals surface area (Å²) >= 11 is 0. The summed E-state index contributed by atoms with van der Waals surface area (Å²) in [6.45, 7) is 0.610. The van der Waals surface area contributed by atoms with Gasteiger partial charge >= 0.3 is 5.69 Å². The molecule has 0 atom stereocenters. The number of benzene rings is 1. The van der Waals surface area contributed by atoms with Gasteiger partial charge in [0.1, 0.15) is 6.33 Å². The molecule has 15 heavy (non-hydrogen) atoms. The maximum Gasteiger partial charge on any atom is 0.385 e. The van der Waals surface area contributed by atoms with Crippen LogP contribution >= 0.6 is 0 Å². The molecular formula is C8H7ClN6. The molecule has 0 N–H and O–H groups in total. The number of rotatable bonds is 2. The van der Waals surface area contributed by atoms with Crippen LogP contribution in [-0.2, 0) is 6.54 Å². The number of diazo groups is 1. The molecular weight excluding hydrogens is 216 g/mol. The fourth-order valence-corrected chi connectivity index (χ4v) is 1.11. The molecule has 2 rings (SSSR count). The van der Waals surface area contributed by atoms with Gasteiger partial charge in [0.25, 0.3) is 0 Å². The van der Waals surface area contributed by atoms with Crippen molar-refractivity contribution in [3.05, 3.63) is 41.1 Å². The van der Waals surface area contributed by atoms with Crippen LogP contribution < -0.4 is 12.4 Å². The predicted octanol–water partition coefficient (Wildman–Crippen LogP) is -1.79. The SMILES string of the molecule is N#[N+]c1ccc(Cn2cnnn2)cc1.[Cl-]. The Balaban J connectivity index is 0.00000112. The Morgan fingerprint density at radius 3 is 2.53 bits per heavy atom. The molecule has 0 unspecified atom stereocenters. The second-order valence-electron chi connectivity index (χ2n) is 2.77. The van der Waals surface area contributed by atoms with Crippen molar-refractivity contribution in [2.24, 2.45) is 0 Å². The second kappa shape index (κ2) is 5.02. The number of hydrogen-bond acceptors (Lipinski definition) is 4. The number of tetrazole rings is 1. The topological polar surface area (TPSA) is 71.8 Å². The van der Waals surface area contributed by atoms with Crippen molar-refractivity contribution in [3.63, 3.8) is 0 Å². The monoisotopic (exact) mass is 222 g/mol. The molecule has 0 radical (unpaired) electrons. The number of nitrogens with zero attached hydrogens (tertiary/aromatic N) is 6. The summed E-state index contributed by atoms with van der Waals surface area (Å²) in [7, 11) is 0. The highest BCUT2D eigenvalue weighted by Crippen LogP contribution is 2.12. The molecule has 0 saturated carbocycles. The summed E-state index contributed by atoms with van der Waals surface area (Å²) in [4.78, 5) is 3.06. The van der Waals surface area contributed by atoms with E-state index in [0.29, 0.717) is 12.2 Å². The van der Waals surface area contributed by atoms with E-state index in [1.54, 1.807) is 23.1 Å². The lowest BCUT2D eigenvalue weighted by Gasteiger charge is -1.96. The Labute approximate surface area is 92.0 Å². The third-order valence-corrected chi connectivity index (χ3v) is 1.79. The molecule has 0 aliphatic rings. The van der Waals surface area contributed by atoms with Crippen molar-refractivity contribution in [2.45, 2.75) is 6.54 Å². The highest BCUT2D eigenvalue weighted by molar-refractivity contribution is 5.44. The van der Waals surface area contributed by atoms with Gasteiger partial charge in [-0.25, -0.2) is 4.68 Å². The van der Waals surface area contributed by atoms with Gasteiger partial charge in [0.2, 0.25) is 5.39 Å². The lowest BCUT2D eigenvalue weighted by molar-refractivity contribution is -0.00000325. The van der Waals surface area contributed by atoms with Gasteiger partial charge in [-0.3, -0.25) is 0 Å². The minimum absolute atomic E-state index is 0. The summed E-state index contributed by atoms with van der Waals surface area (Å²) < 4.78 is 1.62. The zero-order valence-corrected chi connectivity index (χ0v) is 8.41. The molecule has 6 nitrogen and oxygen atoms in total. The van der Waals surface area contributed by atoms with Gasteiger partial charge in [-0.2, -0.15) is 0 Å². The standard InChI is InChI=1S/C8H7N6.ClH/c9-11-8-3-1-7(2-4-8)5-14-6-10-12-13-14;/h1-4,6H,5H2;1H/q+1;/p-1. The summed E-state index contributed by atoms with van der Waals surface area (Å²) in [5.74, 6) is 0. The zero-order chi connectivity index (χ0) is 9.80. The molecule has 0 spiro atoms. The highest BCUT2D eigenvalue weighted by atomic mass is 35.5. The third-order valence-electron chi connectivity index (χ3n) is 1.79. The van der Waals surface area contributed by atoms with Crippen molar-refractivity contribution < 1.29 is 12.4 Å². The summed E-state index contributed by atoms with van der Waals surface area (Å²) in [5.41, 5.74) is 1.58. The lowest BCUT2D eigenvalue weighted by atomic mass is 10.2. The van der Waals surface area contributed by atoms with Crippen LogP contribution in [0.5, 0.6) is 0 Å². The van der Waals surface area contributed by atoms with Gasteiger partial charge in [-0.1, -0.05) is 0 Å². The third kappa shape index (κ3) is 2.72. The van der Waals surface area contributed by atoms with Crippen molar-refractivity contribution in [1.82, 2.24) is 20.2 Å². The van der Waals surface area contributed by atoms with E-state index in [1.807, 2.05) is 12.1 Å². The van der Waals surface area contributed by atoms with Crippen molar-refractivity contribution in [2.75, 3.05) is 0 Å². The maximum atomic E-state index is 8.47. The van der Waals surface area contributed by atoms with Crippen molar-refractivity contribution in [3.8, 4) is 0 Å². The van der Waals surface area contributed by atoms with E-state index in [0.717, 1.165) is 5.56 Å². The van der Waals surface area contributed by atoms with Crippen LogP contribution in [-0.4, -0.2) is 20.2 Å². The van der Waals surface area contributed by atoms with Crippen LogP contribution in [0.25, 0.3) is 4.98 Å². The van der Waals surface area contributed by atoms with Gasteiger partial charge in [0, 0.05) is 12.1 Å². The Kier molecular flexibility index (Phi) is 3.71. The molecule has 0 amide bonds. The van der Waals surface area contributed by atoms with Crippen LogP contribution in [0.3, 0.4) is 0 Å². The van der Waals surface area contributed by atoms with E-state index in [-0.39, 0.29) is 12.4 Å². The predicted molar refractivity (Wildman–Crippen MR) is 48.1 cm³/mol. The lowest BCUT2D eigenvalue weighted by Crippen LogP contribution is -3.00. The number of hydrogen-bond donors (Lipinski definition) is 0. The van der Waals surface area contributed by atoms with Crippen molar-refractivity contribution in [1.29, 1.82) is 5.39 Å². The van der Waals surface area contributed by atoms with Gasteiger partial charge in [0.05, 0.1) is 6.54 Å². The van der Waals surface area contributed by atoms with E-state index < -0.39 is 0 Å². The van der Waals surface area contributed by atoms with Gasteiger partial charge in [-0.15, -0.1) is 5.10 Å². The Morgan fingerprint density at radius 2 is 2.00 bits per heavy atom. The minimum Gasteiger partial charge on any atom is -1.00 e. The molecule has 1 aromatic heterocycles. The fourth-order valence-electron chi connectivity index (χ4n) is 1.11. The van der Waals surface area contributed by atoms with Crippen LogP contribution in [0.4, 0.5) is 5.69 Å². The van der Waals surface area contributed by atoms with Crippen LogP contribution in [0.2, 0.25) is 0 Å². The summed E-state index contributed by atoms with van der Waals surface area (Å²) in [5, 5.41) is 19.3. The smallest absolute Gasteiger partial charge is 0.385 e. The van der Waals surface area contributed by atoms with E-state index in [1.165, 1.54) is 0 Å². The fraction of sp³-hybridized carbons (Fsp3) is 0.125. The van der Waals surface area contributed by atoms with E-state index >= 15 is 0 Å². The highest BCUT2D eigenvalue weighted by Gasteiger charge is 2.03. The molecule has 0 aliphatic carbocycles. The molecule has 2 aromatic rings. The Bertz CT molecular complexity index is 443. The second-order valence-corrected chi connectivity index (χ2v) is 2.77. The first-order valence-electron chi connectivity index (χ1n) is 4.03. The van der Waals surface area contributed by atoms with Crippen LogP contribution in [0.1, 0.15) is 5.56 Å². The quantitative estimate of drug-likeness (QED) is 0.563. The molecule has 1 aromatic carbocycles. The number of aromatic nitrogens is 4. The maximum absolute atomic E-state index is 8.47. The summed E-state index contributed by atoms with van der Waals surface area (Å²) in [6, 6.07) is 7.16.